The summed E-state index contributed by atoms with van der Waals surface area (Å²) >= 11 is 9.53. The molecule has 1 unspecified atom stereocenters. The molecule has 4 rings (SSSR count). The van der Waals surface area contributed by atoms with Crippen molar-refractivity contribution < 1.29 is 9.84 Å². The van der Waals surface area contributed by atoms with Crippen molar-refractivity contribution in [2.45, 2.75) is 5.54 Å². The van der Waals surface area contributed by atoms with Crippen molar-refractivity contribution in [2.75, 3.05) is 0 Å². The van der Waals surface area contributed by atoms with E-state index in [9.17, 15) is 5.11 Å². The summed E-state index contributed by atoms with van der Waals surface area (Å²) in [6.07, 6.45) is 3.10. The molecule has 7 heteroatoms. The minimum atomic E-state index is -1.23. The number of hydrogen-bond donors (Lipinski definition) is 2. The van der Waals surface area contributed by atoms with Gasteiger partial charge >= 0.3 is 0 Å². The molecular formula is C17H11BrClN3O2. The second kappa shape index (κ2) is 5.44. The van der Waals surface area contributed by atoms with Crippen LogP contribution >= 0.6 is 27.5 Å². The SMILES string of the molecule is NC1(c2ncccc2O)c2cc(Br)ccc2Oc2cnc(Cl)cc21. The number of ether oxygens (including phenoxy) is 1. The van der Waals surface area contributed by atoms with Gasteiger partial charge in [0.15, 0.2) is 5.75 Å². The van der Waals surface area contributed by atoms with Gasteiger partial charge in [0.25, 0.3) is 0 Å². The lowest BCUT2D eigenvalue weighted by Crippen LogP contribution is -2.42. The molecule has 0 amide bonds. The number of nitrogens with zero attached hydrogens (tertiary/aromatic N) is 2. The van der Waals surface area contributed by atoms with Crippen molar-refractivity contribution in [3.63, 3.8) is 0 Å². The number of pyridine rings is 2. The molecule has 24 heavy (non-hydrogen) atoms. The quantitative estimate of drug-likeness (QED) is 0.600. The molecule has 3 aromatic rings. The highest BCUT2D eigenvalue weighted by Crippen LogP contribution is 2.50. The number of aromatic nitrogens is 2. The monoisotopic (exact) mass is 403 g/mol. The van der Waals surface area contributed by atoms with Gasteiger partial charge in [0.1, 0.15) is 27.9 Å². The fourth-order valence-corrected chi connectivity index (χ4v) is 3.44. The van der Waals surface area contributed by atoms with Crippen LogP contribution in [0.3, 0.4) is 0 Å². The van der Waals surface area contributed by atoms with E-state index in [0.717, 1.165) is 4.47 Å². The fraction of sp³-hybridized carbons (Fsp3) is 0.0588. The zero-order valence-electron chi connectivity index (χ0n) is 12.2. The van der Waals surface area contributed by atoms with Crippen LogP contribution in [0.5, 0.6) is 17.2 Å². The second-order valence-electron chi connectivity index (χ2n) is 5.42. The Morgan fingerprint density at radius 3 is 2.71 bits per heavy atom. The molecule has 3 N–H and O–H groups in total. The van der Waals surface area contributed by atoms with Crippen molar-refractivity contribution in [1.82, 2.24) is 9.97 Å². The molecule has 0 aliphatic carbocycles. The van der Waals surface area contributed by atoms with Crippen molar-refractivity contribution in [3.05, 3.63) is 75.2 Å². The highest BCUT2D eigenvalue weighted by atomic mass is 79.9. The highest BCUT2D eigenvalue weighted by molar-refractivity contribution is 9.10. The van der Waals surface area contributed by atoms with Gasteiger partial charge in [-0.25, -0.2) is 4.98 Å². The number of nitrogens with two attached hydrogens (primary N) is 1. The number of hydrogen-bond acceptors (Lipinski definition) is 5. The van der Waals surface area contributed by atoms with Gasteiger partial charge in [0.05, 0.1) is 6.20 Å². The maximum atomic E-state index is 10.4. The lowest BCUT2D eigenvalue weighted by molar-refractivity contribution is 0.400. The molecule has 0 bridgehead atoms. The van der Waals surface area contributed by atoms with Crippen LogP contribution < -0.4 is 10.5 Å². The van der Waals surface area contributed by atoms with Crippen LogP contribution in [0.1, 0.15) is 16.8 Å². The van der Waals surface area contributed by atoms with Crippen LogP contribution in [0.2, 0.25) is 5.15 Å². The first-order chi connectivity index (χ1) is 11.5. The Bertz CT molecular complexity index is 913. The maximum Gasteiger partial charge on any atom is 0.151 e. The molecule has 0 spiro atoms. The van der Waals surface area contributed by atoms with E-state index in [0.29, 0.717) is 28.3 Å². The molecule has 1 aliphatic rings. The number of fused-ring (bicyclic) bond motifs is 2. The van der Waals surface area contributed by atoms with Crippen LogP contribution in [0.4, 0.5) is 0 Å². The van der Waals surface area contributed by atoms with Crippen LogP contribution in [-0.4, -0.2) is 15.1 Å². The average Bonchev–Trinajstić information content (AvgIpc) is 2.57. The van der Waals surface area contributed by atoms with E-state index in [2.05, 4.69) is 25.9 Å². The summed E-state index contributed by atoms with van der Waals surface area (Å²) < 4.78 is 6.74. The molecule has 3 heterocycles. The van der Waals surface area contributed by atoms with E-state index in [-0.39, 0.29) is 10.9 Å². The summed E-state index contributed by atoms with van der Waals surface area (Å²) in [4.78, 5) is 8.38. The first kappa shape index (κ1) is 15.4. The molecule has 1 aliphatic heterocycles. The van der Waals surface area contributed by atoms with Gasteiger partial charge in [0, 0.05) is 21.8 Å². The molecule has 0 fully saturated rings. The first-order valence-corrected chi connectivity index (χ1v) is 8.24. The van der Waals surface area contributed by atoms with Crippen LogP contribution in [0.25, 0.3) is 0 Å². The third kappa shape index (κ3) is 2.18. The van der Waals surface area contributed by atoms with E-state index in [1.54, 1.807) is 30.5 Å². The van der Waals surface area contributed by atoms with E-state index in [1.165, 1.54) is 6.20 Å². The van der Waals surface area contributed by atoms with Crippen molar-refractivity contribution in [1.29, 1.82) is 0 Å². The first-order valence-electron chi connectivity index (χ1n) is 7.07. The van der Waals surface area contributed by atoms with Gasteiger partial charge in [-0.2, -0.15) is 0 Å². The Morgan fingerprint density at radius 1 is 1.12 bits per heavy atom. The predicted molar refractivity (Wildman–Crippen MR) is 93.4 cm³/mol. The van der Waals surface area contributed by atoms with Gasteiger partial charge in [-0.1, -0.05) is 27.5 Å². The standard InChI is InChI=1S/C17H11BrClN3O2/c18-9-3-4-13-10(6-9)17(20,16-12(23)2-1-5-21-16)11-7-15(19)22-8-14(11)24-13/h1-8,23H,20H2. The minimum Gasteiger partial charge on any atom is -0.506 e. The number of halogens is 2. The number of benzene rings is 1. The molecule has 1 aromatic carbocycles. The largest absolute Gasteiger partial charge is 0.506 e. The Kier molecular flexibility index (Phi) is 3.49. The van der Waals surface area contributed by atoms with E-state index < -0.39 is 5.54 Å². The lowest BCUT2D eigenvalue weighted by atomic mass is 9.78. The van der Waals surface area contributed by atoms with Crippen molar-refractivity contribution >= 4 is 27.5 Å². The molecule has 1 atom stereocenters. The van der Waals surface area contributed by atoms with Gasteiger partial charge in [-0.15, -0.1) is 0 Å². The van der Waals surface area contributed by atoms with Gasteiger partial charge in [0.2, 0.25) is 0 Å². The molecular weight excluding hydrogens is 394 g/mol. The zero-order valence-corrected chi connectivity index (χ0v) is 14.5. The Morgan fingerprint density at radius 2 is 1.92 bits per heavy atom. The van der Waals surface area contributed by atoms with Crippen LogP contribution in [0, 0.1) is 0 Å². The summed E-state index contributed by atoms with van der Waals surface area (Å²) in [7, 11) is 0. The summed E-state index contributed by atoms with van der Waals surface area (Å²) in [5.74, 6) is 1.04. The molecule has 5 nitrogen and oxygen atoms in total. The summed E-state index contributed by atoms with van der Waals surface area (Å²) in [6.45, 7) is 0. The summed E-state index contributed by atoms with van der Waals surface area (Å²) in [6, 6.07) is 10.3. The third-order valence-electron chi connectivity index (χ3n) is 4.01. The fourth-order valence-electron chi connectivity index (χ4n) is 2.93. The van der Waals surface area contributed by atoms with Crippen LogP contribution in [-0.2, 0) is 5.54 Å². The van der Waals surface area contributed by atoms with E-state index >= 15 is 0 Å². The van der Waals surface area contributed by atoms with Crippen molar-refractivity contribution in [2.24, 2.45) is 5.73 Å². The Balaban J connectivity index is 2.10. The molecule has 0 saturated carbocycles. The number of aromatic hydroxyl groups is 1. The van der Waals surface area contributed by atoms with Gasteiger partial charge in [-0.3, -0.25) is 4.98 Å². The second-order valence-corrected chi connectivity index (χ2v) is 6.73. The normalized spacial score (nSPS) is 18.5. The number of rotatable bonds is 1. The molecule has 0 saturated heterocycles. The average molecular weight is 405 g/mol. The lowest BCUT2D eigenvalue weighted by Gasteiger charge is -2.36. The van der Waals surface area contributed by atoms with E-state index in [1.807, 2.05) is 12.1 Å². The van der Waals surface area contributed by atoms with E-state index in [4.69, 9.17) is 22.1 Å². The molecule has 2 aromatic heterocycles. The highest BCUT2D eigenvalue weighted by Gasteiger charge is 2.44. The third-order valence-corrected chi connectivity index (χ3v) is 4.71. The van der Waals surface area contributed by atoms with Crippen LogP contribution in [0.15, 0.2) is 53.3 Å². The van der Waals surface area contributed by atoms with Crippen molar-refractivity contribution in [3.8, 4) is 17.2 Å². The Hall–Kier alpha value is -2.15. The molecule has 120 valence electrons. The topological polar surface area (TPSA) is 81.3 Å². The predicted octanol–water partition coefficient (Wildman–Crippen LogP) is 3.95. The zero-order chi connectivity index (χ0) is 16.9. The smallest absolute Gasteiger partial charge is 0.151 e. The Labute approximate surface area is 151 Å². The minimum absolute atomic E-state index is 0.00768. The van der Waals surface area contributed by atoms with Gasteiger partial charge < -0.3 is 15.6 Å². The summed E-state index contributed by atoms with van der Waals surface area (Å²) in [5, 5.41) is 10.7. The van der Waals surface area contributed by atoms with Gasteiger partial charge in [-0.05, 0) is 36.4 Å². The maximum absolute atomic E-state index is 10.4. The molecule has 0 radical (unpaired) electrons. The summed E-state index contributed by atoms with van der Waals surface area (Å²) in [5.41, 5.74) is 7.17.